The molecule has 1 aliphatic heterocycles. The van der Waals surface area contributed by atoms with Gasteiger partial charge in [0.25, 0.3) is 5.91 Å². The number of benzene rings is 1. The Morgan fingerprint density at radius 1 is 1.24 bits per heavy atom. The number of carbonyl (C=O) groups is 3. The molecule has 2 aliphatic rings. The highest BCUT2D eigenvalue weighted by molar-refractivity contribution is 6.21. The number of nitrogens with two attached hydrogens (primary N) is 1. The Morgan fingerprint density at radius 3 is 2.66 bits per heavy atom. The van der Waals surface area contributed by atoms with Gasteiger partial charge in [-0.05, 0) is 43.9 Å². The molecule has 1 aliphatic carbocycles. The number of nitrogens with one attached hydrogen (secondary N) is 2. The lowest BCUT2D eigenvalue weighted by Crippen LogP contribution is -2.45. The summed E-state index contributed by atoms with van der Waals surface area (Å²) < 4.78 is 27.0. The first-order valence-electron chi connectivity index (χ1n) is 9.49. The van der Waals surface area contributed by atoms with Crippen LogP contribution in [0.5, 0.6) is 0 Å². The van der Waals surface area contributed by atoms with Crippen molar-refractivity contribution in [2.24, 2.45) is 11.7 Å². The first-order chi connectivity index (χ1) is 13.4. The maximum absolute atomic E-state index is 13.9. The molecule has 1 saturated heterocycles. The SMILES string of the molecule is Cl.NCC1CCCCC1NC(=O)CCC1NC(=O)N(c2ccc(F)cc2F)C1=O. The molecule has 4 N–H and O–H groups in total. The Kier molecular flexibility index (Phi) is 7.92. The number of imide groups is 1. The molecule has 3 rings (SSSR count). The molecule has 7 nitrogen and oxygen atoms in total. The maximum atomic E-state index is 13.9. The molecule has 3 atom stereocenters. The van der Waals surface area contributed by atoms with Gasteiger partial charge >= 0.3 is 6.03 Å². The number of hydrogen-bond donors (Lipinski definition) is 3. The van der Waals surface area contributed by atoms with Gasteiger partial charge in [0.15, 0.2) is 0 Å². The van der Waals surface area contributed by atoms with Crippen LogP contribution in [0.25, 0.3) is 0 Å². The first-order valence-corrected chi connectivity index (χ1v) is 9.49. The van der Waals surface area contributed by atoms with E-state index in [1.165, 1.54) is 0 Å². The molecule has 160 valence electrons. The van der Waals surface area contributed by atoms with Gasteiger partial charge in [0.2, 0.25) is 5.91 Å². The van der Waals surface area contributed by atoms with Crippen molar-refractivity contribution in [1.29, 1.82) is 0 Å². The van der Waals surface area contributed by atoms with Gasteiger partial charge in [0.1, 0.15) is 17.7 Å². The zero-order chi connectivity index (χ0) is 20.3. The van der Waals surface area contributed by atoms with Gasteiger partial charge in [0.05, 0.1) is 5.69 Å². The van der Waals surface area contributed by atoms with Crippen LogP contribution in [-0.4, -0.2) is 36.5 Å². The lowest BCUT2D eigenvalue weighted by Gasteiger charge is -2.31. The van der Waals surface area contributed by atoms with Crippen LogP contribution < -0.4 is 21.3 Å². The van der Waals surface area contributed by atoms with Gasteiger partial charge in [-0.2, -0.15) is 0 Å². The molecule has 1 aromatic rings. The summed E-state index contributed by atoms with van der Waals surface area (Å²) in [6, 6.07) is 0.917. The van der Waals surface area contributed by atoms with Crippen molar-refractivity contribution in [3.05, 3.63) is 29.8 Å². The Bertz CT molecular complexity index is 780. The molecule has 1 aromatic carbocycles. The van der Waals surface area contributed by atoms with Crippen LogP contribution in [-0.2, 0) is 9.59 Å². The minimum atomic E-state index is -1.01. The summed E-state index contributed by atoms with van der Waals surface area (Å²) in [4.78, 5) is 37.5. The Hall–Kier alpha value is -2.26. The summed E-state index contributed by atoms with van der Waals surface area (Å²) in [5, 5.41) is 5.42. The van der Waals surface area contributed by atoms with E-state index in [9.17, 15) is 23.2 Å². The molecule has 1 heterocycles. The van der Waals surface area contributed by atoms with Gasteiger partial charge in [-0.15, -0.1) is 12.4 Å². The lowest BCUT2D eigenvalue weighted by molar-refractivity contribution is -0.123. The van der Waals surface area contributed by atoms with Gasteiger partial charge in [-0.25, -0.2) is 18.5 Å². The van der Waals surface area contributed by atoms with Crippen molar-refractivity contribution in [2.45, 2.75) is 50.6 Å². The second kappa shape index (κ2) is 9.98. The Morgan fingerprint density at radius 2 is 1.97 bits per heavy atom. The fraction of sp³-hybridized carbons (Fsp3) is 0.526. The number of nitrogens with zero attached hydrogens (tertiary/aromatic N) is 1. The molecule has 10 heteroatoms. The topological polar surface area (TPSA) is 105 Å². The van der Waals surface area contributed by atoms with Crippen molar-refractivity contribution in [3.8, 4) is 0 Å². The minimum Gasteiger partial charge on any atom is -0.353 e. The number of halogens is 3. The highest BCUT2D eigenvalue weighted by Crippen LogP contribution is 2.26. The predicted molar refractivity (Wildman–Crippen MR) is 106 cm³/mol. The summed E-state index contributed by atoms with van der Waals surface area (Å²) in [5.41, 5.74) is 5.45. The molecule has 4 amide bonds. The smallest absolute Gasteiger partial charge is 0.329 e. The standard InChI is InChI=1S/C19H24F2N4O3.ClH/c20-12-5-7-16(13(21)9-12)25-18(27)15(24-19(25)28)6-8-17(26)23-14-4-2-1-3-11(14)10-22;/h5,7,9,11,14-15H,1-4,6,8,10,22H2,(H,23,26)(H,24,28);1H. The van der Waals surface area contributed by atoms with Gasteiger partial charge in [0, 0.05) is 18.5 Å². The van der Waals surface area contributed by atoms with E-state index < -0.39 is 29.6 Å². The molecule has 1 saturated carbocycles. The minimum absolute atomic E-state index is 0. The van der Waals surface area contributed by atoms with E-state index in [0.717, 1.165) is 37.8 Å². The summed E-state index contributed by atoms with van der Waals surface area (Å²) in [5.74, 6) is -2.44. The van der Waals surface area contributed by atoms with Crippen LogP contribution >= 0.6 is 12.4 Å². The van der Waals surface area contributed by atoms with Gasteiger partial charge in [-0.1, -0.05) is 12.8 Å². The van der Waals surface area contributed by atoms with E-state index in [2.05, 4.69) is 10.6 Å². The number of hydrogen-bond acceptors (Lipinski definition) is 4. The molecular formula is C19H25ClF2N4O3. The van der Waals surface area contributed by atoms with Crippen LogP contribution in [0.3, 0.4) is 0 Å². The Balaban J connectivity index is 0.00000300. The van der Waals surface area contributed by atoms with E-state index in [-0.39, 0.29) is 48.8 Å². The summed E-state index contributed by atoms with van der Waals surface area (Å²) >= 11 is 0. The van der Waals surface area contributed by atoms with Crippen molar-refractivity contribution >= 4 is 35.9 Å². The van der Waals surface area contributed by atoms with Crippen molar-refractivity contribution in [2.75, 3.05) is 11.4 Å². The second-order valence-corrected chi connectivity index (χ2v) is 7.26. The number of anilines is 1. The van der Waals surface area contributed by atoms with Gasteiger partial charge < -0.3 is 16.4 Å². The quantitative estimate of drug-likeness (QED) is 0.602. The number of carbonyl (C=O) groups excluding carboxylic acids is 3. The third-order valence-electron chi connectivity index (χ3n) is 5.39. The van der Waals surface area contributed by atoms with Crippen LogP contribution in [0.2, 0.25) is 0 Å². The first kappa shape index (κ1) is 23.0. The molecule has 0 radical (unpaired) electrons. The Labute approximate surface area is 173 Å². The van der Waals surface area contributed by atoms with Crippen LogP contribution in [0.1, 0.15) is 38.5 Å². The summed E-state index contributed by atoms with van der Waals surface area (Å²) in [7, 11) is 0. The molecular weight excluding hydrogens is 406 g/mol. The van der Waals surface area contributed by atoms with Crippen LogP contribution in [0.4, 0.5) is 19.3 Å². The average molecular weight is 431 g/mol. The third kappa shape index (κ3) is 5.22. The number of rotatable bonds is 6. The zero-order valence-corrected chi connectivity index (χ0v) is 16.6. The average Bonchev–Trinajstić information content (AvgIpc) is 2.94. The van der Waals surface area contributed by atoms with E-state index in [1.807, 2.05) is 0 Å². The van der Waals surface area contributed by atoms with Crippen LogP contribution in [0.15, 0.2) is 18.2 Å². The van der Waals surface area contributed by atoms with Crippen molar-refractivity contribution in [3.63, 3.8) is 0 Å². The number of amides is 4. The largest absolute Gasteiger partial charge is 0.353 e. The summed E-state index contributed by atoms with van der Waals surface area (Å²) in [6.07, 6.45) is 4.14. The summed E-state index contributed by atoms with van der Waals surface area (Å²) in [6.45, 7) is 0.514. The van der Waals surface area contributed by atoms with E-state index in [0.29, 0.717) is 17.5 Å². The maximum Gasteiger partial charge on any atom is 0.329 e. The lowest BCUT2D eigenvalue weighted by atomic mass is 9.84. The van der Waals surface area contributed by atoms with E-state index in [1.54, 1.807) is 0 Å². The third-order valence-corrected chi connectivity index (χ3v) is 5.39. The molecule has 2 fully saturated rings. The molecule has 0 bridgehead atoms. The molecule has 0 aromatic heterocycles. The highest BCUT2D eigenvalue weighted by Gasteiger charge is 2.40. The van der Waals surface area contributed by atoms with Crippen LogP contribution in [0, 0.1) is 17.6 Å². The van der Waals surface area contributed by atoms with Crippen molar-refractivity contribution in [1.82, 2.24) is 10.6 Å². The fourth-order valence-corrected chi connectivity index (χ4v) is 3.85. The highest BCUT2D eigenvalue weighted by atomic mass is 35.5. The van der Waals surface area contributed by atoms with Gasteiger partial charge in [-0.3, -0.25) is 9.59 Å². The van der Waals surface area contributed by atoms with E-state index >= 15 is 0 Å². The molecule has 3 unspecified atom stereocenters. The monoisotopic (exact) mass is 430 g/mol. The van der Waals surface area contributed by atoms with E-state index in [4.69, 9.17) is 5.73 Å². The zero-order valence-electron chi connectivity index (χ0n) is 15.8. The predicted octanol–water partition coefficient (Wildman–Crippen LogP) is 2.23. The number of urea groups is 1. The second-order valence-electron chi connectivity index (χ2n) is 7.26. The molecule has 0 spiro atoms. The molecule has 29 heavy (non-hydrogen) atoms. The normalized spacial score (nSPS) is 24.1. The fourth-order valence-electron chi connectivity index (χ4n) is 3.85. The van der Waals surface area contributed by atoms with Crippen molar-refractivity contribution < 1.29 is 23.2 Å².